The van der Waals surface area contributed by atoms with Crippen molar-refractivity contribution in [3.63, 3.8) is 0 Å². The van der Waals surface area contributed by atoms with Gasteiger partial charge in [-0.05, 0) is 31.0 Å². The van der Waals surface area contributed by atoms with Gasteiger partial charge in [0.05, 0.1) is 10.6 Å². The summed E-state index contributed by atoms with van der Waals surface area (Å²) in [7, 11) is -3.84. The van der Waals surface area contributed by atoms with Crippen molar-refractivity contribution in [2.45, 2.75) is 45.6 Å². The Hall–Kier alpha value is -1.64. The van der Waals surface area contributed by atoms with E-state index in [0.29, 0.717) is 6.54 Å². The third-order valence-electron chi connectivity index (χ3n) is 3.83. The lowest BCUT2D eigenvalue weighted by molar-refractivity contribution is -0.129. The van der Waals surface area contributed by atoms with Gasteiger partial charge in [-0.1, -0.05) is 39.3 Å². The normalized spacial score (nSPS) is 12.9. The molecule has 1 rings (SSSR count). The van der Waals surface area contributed by atoms with Crippen LogP contribution in [0.4, 0.5) is 0 Å². The van der Waals surface area contributed by atoms with Crippen molar-refractivity contribution in [1.29, 1.82) is 0 Å². The van der Waals surface area contributed by atoms with Crippen LogP contribution < -0.4 is 5.32 Å². The lowest BCUT2D eigenvalue weighted by Crippen LogP contribution is -2.37. The van der Waals surface area contributed by atoms with Crippen LogP contribution in [0.5, 0.6) is 0 Å². The second kappa shape index (κ2) is 10.1. The van der Waals surface area contributed by atoms with Crippen molar-refractivity contribution >= 4 is 33.5 Å². The molecule has 9 heteroatoms. The van der Waals surface area contributed by atoms with E-state index < -0.39 is 28.0 Å². The number of hydrogen-bond acceptors (Lipinski definition) is 5. The highest BCUT2D eigenvalue weighted by Crippen LogP contribution is 2.26. The zero-order valence-electron chi connectivity index (χ0n) is 16.3. The SMILES string of the molecule is CCN(CC)S(=O)(=O)c1cc(C(=O)OC(C)C(=O)NCC(C)C)ccc1Cl. The summed E-state index contributed by atoms with van der Waals surface area (Å²) in [6, 6.07) is 3.87. The van der Waals surface area contributed by atoms with Crippen molar-refractivity contribution in [3.8, 4) is 0 Å². The molecule has 0 aliphatic carbocycles. The number of amides is 1. The topological polar surface area (TPSA) is 92.8 Å². The molecule has 27 heavy (non-hydrogen) atoms. The molecule has 0 radical (unpaired) electrons. The van der Waals surface area contributed by atoms with Crippen LogP contribution in [-0.2, 0) is 19.6 Å². The third-order valence-corrected chi connectivity index (χ3v) is 6.36. The van der Waals surface area contributed by atoms with Gasteiger partial charge in [0.2, 0.25) is 10.0 Å². The predicted molar refractivity (Wildman–Crippen MR) is 104 cm³/mol. The molecule has 0 saturated heterocycles. The van der Waals surface area contributed by atoms with E-state index in [-0.39, 0.29) is 34.5 Å². The Morgan fingerprint density at radius 1 is 1.19 bits per heavy atom. The fourth-order valence-electron chi connectivity index (χ4n) is 2.26. The first-order valence-electron chi connectivity index (χ1n) is 8.82. The Labute approximate surface area is 166 Å². The Morgan fingerprint density at radius 3 is 2.30 bits per heavy atom. The van der Waals surface area contributed by atoms with E-state index in [1.165, 1.54) is 29.4 Å². The van der Waals surface area contributed by atoms with Crippen LogP contribution in [0.25, 0.3) is 0 Å². The van der Waals surface area contributed by atoms with Crippen LogP contribution in [0.2, 0.25) is 5.02 Å². The molecule has 1 amide bonds. The first-order chi connectivity index (χ1) is 12.5. The highest BCUT2D eigenvalue weighted by atomic mass is 35.5. The largest absolute Gasteiger partial charge is 0.449 e. The van der Waals surface area contributed by atoms with Gasteiger partial charge in [-0.2, -0.15) is 4.31 Å². The van der Waals surface area contributed by atoms with Gasteiger partial charge < -0.3 is 10.1 Å². The summed E-state index contributed by atoms with van der Waals surface area (Å²) in [6.45, 7) is 9.79. The predicted octanol–water partition coefficient (Wildman–Crippen LogP) is 2.69. The molecule has 0 aliphatic heterocycles. The van der Waals surface area contributed by atoms with E-state index in [1.54, 1.807) is 13.8 Å². The third kappa shape index (κ3) is 6.19. The highest BCUT2D eigenvalue weighted by Gasteiger charge is 2.26. The average molecular weight is 419 g/mol. The van der Waals surface area contributed by atoms with Gasteiger partial charge in [0.25, 0.3) is 5.91 Å². The van der Waals surface area contributed by atoms with Gasteiger partial charge >= 0.3 is 5.97 Å². The van der Waals surface area contributed by atoms with Crippen LogP contribution in [0.1, 0.15) is 45.0 Å². The monoisotopic (exact) mass is 418 g/mol. The number of halogens is 1. The standard InChI is InChI=1S/C18H27ClN2O5S/c1-6-21(7-2)27(24,25)16-10-14(8-9-15(16)19)18(23)26-13(5)17(22)20-11-12(3)4/h8-10,12-13H,6-7,11H2,1-5H3,(H,20,22). The molecule has 1 N–H and O–H groups in total. The quantitative estimate of drug-likeness (QED) is 0.622. The molecule has 0 spiro atoms. The molecule has 1 unspecified atom stereocenters. The number of rotatable bonds is 9. The zero-order chi connectivity index (χ0) is 20.8. The van der Waals surface area contributed by atoms with E-state index in [2.05, 4.69) is 5.32 Å². The second-order valence-corrected chi connectivity index (χ2v) is 8.73. The van der Waals surface area contributed by atoms with Crippen molar-refractivity contribution in [3.05, 3.63) is 28.8 Å². The smallest absolute Gasteiger partial charge is 0.338 e. The van der Waals surface area contributed by atoms with E-state index in [9.17, 15) is 18.0 Å². The van der Waals surface area contributed by atoms with Gasteiger partial charge in [0.15, 0.2) is 6.10 Å². The summed E-state index contributed by atoms with van der Waals surface area (Å²) in [5, 5.41) is 2.69. The zero-order valence-corrected chi connectivity index (χ0v) is 17.9. The van der Waals surface area contributed by atoms with E-state index in [0.717, 1.165) is 0 Å². The number of nitrogens with zero attached hydrogens (tertiary/aromatic N) is 1. The number of carbonyl (C=O) groups excluding carboxylic acids is 2. The van der Waals surface area contributed by atoms with Gasteiger partial charge in [0.1, 0.15) is 4.90 Å². The number of carbonyl (C=O) groups is 2. The van der Waals surface area contributed by atoms with Crippen molar-refractivity contribution in [2.24, 2.45) is 5.92 Å². The Kier molecular flexibility index (Phi) is 8.71. The number of esters is 1. The van der Waals surface area contributed by atoms with E-state index in [4.69, 9.17) is 16.3 Å². The summed E-state index contributed by atoms with van der Waals surface area (Å²) in [5.41, 5.74) is 0.00800. The molecule has 0 saturated carbocycles. The maximum absolute atomic E-state index is 12.7. The molecule has 152 valence electrons. The van der Waals surface area contributed by atoms with Crippen LogP contribution in [0, 0.1) is 5.92 Å². The summed E-state index contributed by atoms with van der Waals surface area (Å²) in [4.78, 5) is 24.1. The number of hydrogen-bond donors (Lipinski definition) is 1. The number of nitrogens with one attached hydrogen (secondary N) is 1. The Bertz CT molecular complexity index is 776. The van der Waals surface area contributed by atoms with Crippen LogP contribution in [0.15, 0.2) is 23.1 Å². The molecule has 0 heterocycles. The second-order valence-electron chi connectivity index (χ2n) is 6.42. The first kappa shape index (κ1) is 23.4. The minimum atomic E-state index is -3.84. The number of sulfonamides is 1. The summed E-state index contributed by atoms with van der Waals surface area (Å²) >= 11 is 6.05. The molecule has 1 aromatic rings. The molecule has 0 aliphatic rings. The number of ether oxygens (including phenoxy) is 1. The fraction of sp³-hybridized carbons (Fsp3) is 0.556. The Balaban J connectivity index is 3.02. The molecule has 0 aromatic heterocycles. The minimum absolute atomic E-state index is 0.00800. The highest BCUT2D eigenvalue weighted by molar-refractivity contribution is 7.89. The molecular formula is C18H27ClN2O5S. The molecule has 0 fully saturated rings. The molecule has 1 atom stereocenters. The van der Waals surface area contributed by atoms with Crippen LogP contribution >= 0.6 is 11.6 Å². The summed E-state index contributed by atoms with van der Waals surface area (Å²) in [6.07, 6.45) is -1.00. The number of benzene rings is 1. The van der Waals surface area contributed by atoms with Gasteiger partial charge in [-0.15, -0.1) is 0 Å². The molecular weight excluding hydrogens is 392 g/mol. The molecule has 0 bridgehead atoms. The molecule has 7 nitrogen and oxygen atoms in total. The first-order valence-corrected chi connectivity index (χ1v) is 10.6. The summed E-state index contributed by atoms with van der Waals surface area (Å²) < 4.78 is 31.8. The van der Waals surface area contributed by atoms with Crippen LogP contribution in [-0.4, -0.2) is 50.3 Å². The van der Waals surface area contributed by atoms with Gasteiger partial charge in [-0.3, -0.25) is 4.79 Å². The maximum atomic E-state index is 12.7. The lowest BCUT2D eigenvalue weighted by Gasteiger charge is -2.20. The van der Waals surface area contributed by atoms with Gasteiger partial charge in [0, 0.05) is 19.6 Å². The van der Waals surface area contributed by atoms with E-state index >= 15 is 0 Å². The Morgan fingerprint density at radius 2 is 1.78 bits per heavy atom. The van der Waals surface area contributed by atoms with E-state index in [1.807, 2.05) is 13.8 Å². The van der Waals surface area contributed by atoms with Crippen molar-refractivity contribution in [2.75, 3.05) is 19.6 Å². The average Bonchev–Trinajstić information content (AvgIpc) is 2.60. The summed E-state index contributed by atoms with van der Waals surface area (Å²) in [5.74, 6) is -0.946. The lowest BCUT2D eigenvalue weighted by atomic mass is 10.2. The van der Waals surface area contributed by atoms with Gasteiger partial charge in [-0.25, -0.2) is 13.2 Å². The van der Waals surface area contributed by atoms with Crippen molar-refractivity contribution in [1.82, 2.24) is 9.62 Å². The molecule has 1 aromatic carbocycles. The van der Waals surface area contributed by atoms with Crippen LogP contribution in [0.3, 0.4) is 0 Å². The van der Waals surface area contributed by atoms with Crippen molar-refractivity contribution < 1.29 is 22.7 Å². The fourth-order valence-corrected chi connectivity index (χ4v) is 4.22. The minimum Gasteiger partial charge on any atom is -0.449 e. The maximum Gasteiger partial charge on any atom is 0.338 e.